The molecule has 3 heterocycles. The van der Waals surface area contributed by atoms with Gasteiger partial charge in [-0.25, -0.2) is 0 Å². The summed E-state index contributed by atoms with van der Waals surface area (Å²) in [6.07, 6.45) is 5.73. The van der Waals surface area contributed by atoms with Crippen molar-refractivity contribution in [1.82, 2.24) is 4.37 Å². The molecule has 104 valence electrons. The van der Waals surface area contributed by atoms with Crippen LogP contribution in [-0.2, 0) is 6.54 Å². The van der Waals surface area contributed by atoms with E-state index in [0.717, 1.165) is 31.6 Å². The average Bonchev–Trinajstić information content (AvgIpc) is 3.13. The molecule has 0 aliphatic rings. The summed E-state index contributed by atoms with van der Waals surface area (Å²) in [5.41, 5.74) is 0.928. The Hall–Kier alpha value is -1.79. The Morgan fingerprint density at radius 2 is 2.40 bits per heavy atom. The van der Waals surface area contributed by atoms with Gasteiger partial charge in [0.2, 0.25) is 0 Å². The van der Waals surface area contributed by atoms with Crippen molar-refractivity contribution in [1.29, 1.82) is 0 Å². The maximum absolute atomic E-state index is 5.47. The number of nitrogens with one attached hydrogen (secondary N) is 1. The van der Waals surface area contributed by atoms with Gasteiger partial charge in [-0.05, 0) is 36.7 Å². The van der Waals surface area contributed by atoms with E-state index in [2.05, 4.69) is 9.69 Å². The number of furan rings is 1. The van der Waals surface area contributed by atoms with Crippen LogP contribution in [0.1, 0.15) is 17.6 Å². The summed E-state index contributed by atoms with van der Waals surface area (Å²) < 4.78 is 16.4. The van der Waals surface area contributed by atoms with Crippen LogP contribution in [0.2, 0.25) is 0 Å². The van der Waals surface area contributed by atoms with Crippen LogP contribution in [0.25, 0.3) is 16.3 Å². The van der Waals surface area contributed by atoms with Gasteiger partial charge in [0, 0.05) is 0 Å². The highest BCUT2D eigenvalue weighted by Crippen LogP contribution is 2.43. The van der Waals surface area contributed by atoms with Crippen molar-refractivity contribution in [2.75, 3.05) is 12.4 Å². The first-order chi connectivity index (χ1) is 9.83. The van der Waals surface area contributed by atoms with E-state index in [9.17, 15) is 0 Å². The van der Waals surface area contributed by atoms with Gasteiger partial charge in [0.05, 0.1) is 29.5 Å². The molecule has 0 spiro atoms. The second kappa shape index (κ2) is 5.68. The normalized spacial score (nSPS) is 11.5. The van der Waals surface area contributed by atoms with Gasteiger partial charge < -0.3 is 14.5 Å². The fourth-order valence-electron chi connectivity index (χ4n) is 1.95. The number of ether oxygens (including phenoxy) is 1. The van der Waals surface area contributed by atoms with Crippen LogP contribution in [0.5, 0.6) is 5.75 Å². The standard InChI is InChI=1S/C14H14N2O2S2/c1-3-5-10-12(17-2)11-13(19-10)14(20-16-11)15-8-9-6-4-7-18-9/h3-7,15H,8H2,1-2H3/b5-3-. The molecule has 1 N–H and O–H groups in total. The van der Waals surface area contributed by atoms with Crippen LogP contribution >= 0.6 is 22.9 Å². The van der Waals surface area contributed by atoms with Crippen LogP contribution in [0.15, 0.2) is 28.9 Å². The van der Waals surface area contributed by atoms with Crippen LogP contribution in [-0.4, -0.2) is 11.5 Å². The van der Waals surface area contributed by atoms with Crippen molar-refractivity contribution < 1.29 is 9.15 Å². The Bertz CT molecular complexity index is 726. The summed E-state index contributed by atoms with van der Waals surface area (Å²) in [6.45, 7) is 2.65. The molecule has 0 unspecified atom stereocenters. The number of thiophene rings is 1. The smallest absolute Gasteiger partial charge is 0.164 e. The molecule has 0 fully saturated rings. The molecule has 0 amide bonds. The van der Waals surface area contributed by atoms with E-state index < -0.39 is 0 Å². The lowest BCUT2D eigenvalue weighted by atomic mass is 10.3. The maximum atomic E-state index is 5.47. The average molecular weight is 306 g/mol. The molecule has 3 rings (SSSR count). The number of anilines is 1. The molecule has 3 aromatic heterocycles. The van der Waals surface area contributed by atoms with E-state index in [4.69, 9.17) is 9.15 Å². The van der Waals surface area contributed by atoms with Crippen molar-refractivity contribution in [2.24, 2.45) is 0 Å². The Labute approximate surface area is 124 Å². The quantitative estimate of drug-likeness (QED) is 0.748. The summed E-state index contributed by atoms with van der Waals surface area (Å²) in [5, 5.41) is 4.42. The molecule has 0 bridgehead atoms. The van der Waals surface area contributed by atoms with E-state index in [1.165, 1.54) is 11.5 Å². The van der Waals surface area contributed by atoms with Crippen molar-refractivity contribution >= 4 is 44.2 Å². The Morgan fingerprint density at radius 1 is 1.50 bits per heavy atom. The van der Waals surface area contributed by atoms with Gasteiger partial charge in [-0.15, -0.1) is 11.3 Å². The minimum absolute atomic E-state index is 0.656. The van der Waals surface area contributed by atoms with E-state index in [1.54, 1.807) is 24.7 Å². The monoisotopic (exact) mass is 306 g/mol. The fourth-order valence-corrected chi connectivity index (χ4v) is 4.01. The largest absolute Gasteiger partial charge is 0.493 e. The van der Waals surface area contributed by atoms with Crippen molar-refractivity contribution in [3.63, 3.8) is 0 Å². The number of nitrogens with zero attached hydrogens (tertiary/aromatic N) is 1. The van der Waals surface area contributed by atoms with Gasteiger partial charge in [-0.2, -0.15) is 4.37 Å². The van der Waals surface area contributed by atoms with Gasteiger partial charge in [-0.3, -0.25) is 0 Å². The number of fused-ring (bicyclic) bond motifs is 1. The van der Waals surface area contributed by atoms with Crippen LogP contribution in [0.4, 0.5) is 5.00 Å². The zero-order valence-corrected chi connectivity index (χ0v) is 12.8. The fraction of sp³-hybridized carbons (Fsp3) is 0.214. The van der Waals surface area contributed by atoms with Gasteiger partial charge in [-0.1, -0.05) is 6.08 Å². The summed E-state index contributed by atoms with van der Waals surface area (Å²) >= 11 is 3.14. The summed E-state index contributed by atoms with van der Waals surface area (Å²) in [6, 6.07) is 3.84. The Morgan fingerprint density at radius 3 is 3.10 bits per heavy atom. The third kappa shape index (κ3) is 2.32. The Balaban J connectivity index is 1.92. The predicted octanol–water partition coefficient (Wildman–Crippen LogP) is 4.60. The van der Waals surface area contributed by atoms with E-state index >= 15 is 0 Å². The second-order valence-corrected chi connectivity index (χ2v) is 5.95. The highest BCUT2D eigenvalue weighted by Gasteiger charge is 2.17. The molecule has 0 saturated heterocycles. The van der Waals surface area contributed by atoms with Crippen LogP contribution in [0, 0.1) is 0 Å². The van der Waals surface area contributed by atoms with Crippen LogP contribution in [0.3, 0.4) is 0 Å². The van der Waals surface area contributed by atoms with Gasteiger partial charge >= 0.3 is 0 Å². The third-order valence-corrected chi connectivity index (χ3v) is 4.90. The van der Waals surface area contributed by atoms with Gasteiger partial charge in [0.15, 0.2) is 5.75 Å². The lowest BCUT2D eigenvalue weighted by molar-refractivity contribution is 0.420. The van der Waals surface area contributed by atoms with Crippen molar-refractivity contribution in [2.45, 2.75) is 13.5 Å². The predicted molar refractivity (Wildman–Crippen MR) is 84.8 cm³/mol. The zero-order valence-electron chi connectivity index (χ0n) is 11.2. The molecule has 3 aromatic rings. The van der Waals surface area contributed by atoms with Gasteiger partial charge in [0.1, 0.15) is 16.3 Å². The van der Waals surface area contributed by atoms with Gasteiger partial charge in [0.25, 0.3) is 0 Å². The van der Waals surface area contributed by atoms with Crippen molar-refractivity contribution in [3.05, 3.63) is 35.1 Å². The number of hydrogen-bond acceptors (Lipinski definition) is 6. The third-order valence-electron chi connectivity index (χ3n) is 2.83. The summed E-state index contributed by atoms with van der Waals surface area (Å²) in [5.74, 6) is 1.76. The number of allylic oxidation sites excluding steroid dienone is 1. The number of aromatic nitrogens is 1. The molecule has 0 saturated carbocycles. The molecular formula is C14H14N2O2S2. The highest BCUT2D eigenvalue weighted by atomic mass is 32.1. The molecular weight excluding hydrogens is 292 g/mol. The lowest BCUT2D eigenvalue weighted by Crippen LogP contribution is -1.95. The number of hydrogen-bond donors (Lipinski definition) is 1. The first kappa shape index (κ1) is 13.2. The molecule has 20 heavy (non-hydrogen) atoms. The van der Waals surface area contributed by atoms with E-state index in [1.807, 2.05) is 31.2 Å². The molecule has 4 nitrogen and oxygen atoms in total. The molecule has 6 heteroatoms. The maximum Gasteiger partial charge on any atom is 0.164 e. The minimum Gasteiger partial charge on any atom is -0.493 e. The summed E-state index contributed by atoms with van der Waals surface area (Å²) in [7, 11) is 1.68. The first-order valence-electron chi connectivity index (χ1n) is 6.18. The molecule has 0 atom stereocenters. The number of methoxy groups -OCH3 is 1. The van der Waals surface area contributed by atoms with Crippen LogP contribution < -0.4 is 10.1 Å². The lowest BCUT2D eigenvalue weighted by Gasteiger charge is -1.99. The van der Waals surface area contributed by atoms with E-state index in [0.29, 0.717) is 6.54 Å². The van der Waals surface area contributed by atoms with E-state index in [-0.39, 0.29) is 0 Å². The number of rotatable bonds is 5. The Kier molecular flexibility index (Phi) is 3.75. The SMILES string of the molecule is C/C=C\c1sc2c(NCc3ccco3)snc2c1OC. The zero-order chi connectivity index (χ0) is 13.9. The second-order valence-electron chi connectivity index (χ2n) is 4.12. The summed E-state index contributed by atoms with van der Waals surface area (Å²) in [4.78, 5) is 1.10. The molecule has 0 aromatic carbocycles. The van der Waals surface area contributed by atoms with Crippen molar-refractivity contribution in [3.8, 4) is 5.75 Å². The topological polar surface area (TPSA) is 47.3 Å². The minimum atomic E-state index is 0.656. The molecule has 0 aliphatic carbocycles. The molecule has 0 aliphatic heterocycles. The molecule has 0 radical (unpaired) electrons. The first-order valence-corrected chi connectivity index (χ1v) is 7.77. The highest BCUT2D eigenvalue weighted by molar-refractivity contribution is 7.25.